The molecule has 0 spiro atoms. The van der Waals surface area contributed by atoms with Gasteiger partial charge in [0.25, 0.3) is 0 Å². The summed E-state index contributed by atoms with van der Waals surface area (Å²) in [4.78, 5) is 24.2. The summed E-state index contributed by atoms with van der Waals surface area (Å²) in [5, 5.41) is 7.79. The smallest absolute Gasteiger partial charge is 0.414 e. The van der Waals surface area contributed by atoms with E-state index in [0.29, 0.717) is 21.5 Å². The van der Waals surface area contributed by atoms with Crippen molar-refractivity contribution in [3.8, 4) is 0 Å². The van der Waals surface area contributed by atoms with E-state index >= 15 is 0 Å². The normalized spacial score (nSPS) is 16.8. The van der Waals surface area contributed by atoms with Crippen molar-refractivity contribution in [1.82, 2.24) is 15.0 Å². The zero-order valence-corrected chi connectivity index (χ0v) is 15.3. The maximum absolute atomic E-state index is 13.7. The van der Waals surface area contributed by atoms with Gasteiger partial charge in [-0.2, -0.15) is 0 Å². The first kappa shape index (κ1) is 17.6. The summed E-state index contributed by atoms with van der Waals surface area (Å²) in [7, 11) is 0. The van der Waals surface area contributed by atoms with Gasteiger partial charge in [0.1, 0.15) is 24.2 Å². The molecule has 1 fully saturated rings. The lowest BCUT2D eigenvalue weighted by Crippen LogP contribution is -2.26. The molecule has 1 aliphatic rings. The van der Waals surface area contributed by atoms with E-state index in [0.717, 1.165) is 0 Å². The van der Waals surface area contributed by atoms with Gasteiger partial charge in [-0.05, 0) is 40.8 Å². The highest BCUT2D eigenvalue weighted by atomic mass is 127. The molecule has 0 N–H and O–H groups in total. The Balaban J connectivity index is 1.62. The largest absolute Gasteiger partial charge is 0.459 e. The minimum absolute atomic E-state index is 0.0356. The molecule has 25 heavy (non-hydrogen) atoms. The highest BCUT2D eigenvalue weighted by Crippen LogP contribution is 2.25. The number of carbonyl (C=O) groups is 2. The van der Waals surface area contributed by atoms with Crippen molar-refractivity contribution >= 4 is 40.3 Å². The number of amides is 1. The zero-order chi connectivity index (χ0) is 18.0. The van der Waals surface area contributed by atoms with Crippen molar-refractivity contribution in [1.29, 1.82) is 0 Å². The summed E-state index contributed by atoms with van der Waals surface area (Å²) >= 11 is 1.88. The van der Waals surface area contributed by atoms with Gasteiger partial charge in [-0.15, -0.1) is 5.10 Å². The second-order valence-corrected chi connectivity index (χ2v) is 6.59. The van der Waals surface area contributed by atoms with Gasteiger partial charge >= 0.3 is 12.1 Å². The van der Waals surface area contributed by atoms with Crippen LogP contribution in [0.1, 0.15) is 12.6 Å². The average molecular weight is 460 g/mol. The quantitative estimate of drug-likeness (QED) is 0.502. The van der Waals surface area contributed by atoms with Crippen LogP contribution in [-0.2, 0) is 27.4 Å². The fourth-order valence-electron chi connectivity index (χ4n) is 2.36. The molecule has 132 valence electrons. The zero-order valence-electron chi connectivity index (χ0n) is 13.2. The number of ether oxygens (including phenoxy) is 2. The standard InChI is InChI=1S/C15H14FIN4O4/c1-9(22)24-8-10-5-20(19-18-10)6-12-7-21(15(23)25-12)11-2-3-14(17)13(16)4-11/h2-5,12H,6-8H2,1H3/t12-/m0/s1. The van der Waals surface area contributed by atoms with Gasteiger partial charge in [0, 0.05) is 10.5 Å². The van der Waals surface area contributed by atoms with Crippen LogP contribution in [0.4, 0.5) is 14.9 Å². The Morgan fingerprint density at radius 2 is 2.32 bits per heavy atom. The first-order valence-electron chi connectivity index (χ1n) is 7.38. The minimum Gasteiger partial charge on any atom is -0.459 e. The molecule has 1 saturated heterocycles. The molecular formula is C15H14FIN4O4. The van der Waals surface area contributed by atoms with Crippen molar-refractivity contribution in [3.05, 3.63) is 39.5 Å². The fourth-order valence-corrected chi connectivity index (χ4v) is 2.69. The Morgan fingerprint density at radius 3 is 3.04 bits per heavy atom. The van der Waals surface area contributed by atoms with Crippen LogP contribution in [0.3, 0.4) is 0 Å². The van der Waals surface area contributed by atoms with Crippen molar-refractivity contribution in [2.45, 2.75) is 26.2 Å². The molecule has 0 radical (unpaired) electrons. The third kappa shape index (κ3) is 4.24. The van der Waals surface area contributed by atoms with E-state index in [9.17, 15) is 14.0 Å². The molecule has 10 heteroatoms. The van der Waals surface area contributed by atoms with E-state index in [-0.39, 0.29) is 19.0 Å². The number of cyclic esters (lactones) is 1. The maximum atomic E-state index is 13.7. The van der Waals surface area contributed by atoms with Crippen LogP contribution in [0.2, 0.25) is 0 Å². The number of hydrogen-bond acceptors (Lipinski definition) is 6. The highest BCUT2D eigenvalue weighted by Gasteiger charge is 2.33. The second-order valence-electron chi connectivity index (χ2n) is 5.43. The number of hydrogen-bond donors (Lipinski definition) is 0. The van der Waals surface area contributed by atoms with Gasteiger partial charge in [-0.3, -0.25) is 9.69 Å². The molecule has 3 rings (SSSR count). The molecule has 0 saturated carbocycles. The number of carbonyl (C=O) groups excluding carboxylic acids is 2. The van der Waals surface area contributed by atoms with Crippen LogP contribution in [0.15, 0.2) is 24.4 Å². The lowest BCUT2D eigenvalue weighted by Gasteiger charge is -2.13. The van der Waals surface area contributed by atoms with Gasteiger partial charge in [-0.1, -0.05) is 5.21 Å². The van der Waals surface area contributed by atoms with Gasteiger partial charge < -0.3 is 9.47 Å². The summed E-state index contributed by atoms with van der Waals surface area (Å²) in [5.41, 5.74) is 0.940. The monoisotopic (exact) mass is 460 g/mol. The number of rotatable bonds is 5. The Kier molecular flexibility index (Phi) is 5.16. The van der Waals surface area contributed by atoms with E-state index in [1.165, 1.54) is 22.6 Å². The van der Waals surface area contributed by atoms with Crippen molar-refractivity contribution in [2.75, 3.05) is 11.4 Å². The molecule has 2 aromatic rings. The third-order valence-electron chi connectivity index (χ3n) is 3.49. The predicted octanol–water partition coefficient (Wildman–Crippen LogP) is 2.11. The van der Waals surface area contributed by atoms with Crippen LogP contribution < -0.4 is 4.90 Å². The average Bonchev–Trinajstić information content (AvgIpc) is 3.15. The summed E-state index contributed by atoms with van der Waals surface area (Å²) in [6.07, 6.45) is 0.633. The van der Waals surface area contributed by atoms with E-state index in [4.69, 9.17) is 9.47 Å². The molecule has 1 aliphatic heterocycles. The Bertz CT molecular complexity index is 813. The number of nitrogens with zero attached hydrogens (tertiary/aromatic N) is 4. The molecule has 1 aromatic heterocycles. The van der Waals surface area contributed by atoms with Crippen LogP contribution in [-0.4, -0.2) is 39.7 Å². The molecule has 0 bridgehead atoms. The number of aromatic nitrogens is 3. The van der Waals surface area contributed by atoms with Crippen LogP contribution >= 0.6 is 22.6 Å². The lowest BCUT2D eigenvalue weighted by atomic mass is 10.2. The molecule has 0 unspecified atom stereocenters. The molecular weight excluding hydrogens is 446 g/mol. The molecule has 1 amide bonds. The highest BCUT2D eigenvalue weighted by molar-refractivity contribution is 14.1. The van der Waals surface area contributed by atoms with E-state index < -0.39 is 18.2 Å². The number of halogens is 2. The van der Waals surface area contributed by atoms with Gasteiger partial charge in [0.2, 0.25) is 0 Å². The van der Waals surface area contributed by atoms with Crippen molar-refractivity contribution in [2.24, 2.45) is 0 Å². The maximum Gasteiger partial charge on any atom is 0.414 e. The molecule has 0 aliphatic carbocycles. The van der Waals surface area contributed by atoms with Crippen LogP contribution in [0.25, 0.3) is 0 Å². The Hall–Kier alpha value is -2.24. The van der Waals surface area contributed by atoms with Crippen molar-refractivity contribution in [3.63, 3.8) is 0 Å². The van der Waals surface area contributed by atoms with Gasteiger partial charge in [0.05, 0.1) is 25.0 Å². The van der Waals surface area contributed by atoms with Crippen LogP contribution in [0, 0.1) is 9.39 Å². The first-order valence-corrected chi connectivity index (χ1v) is 8.46. The fraction of sp³-hybridized carbons (Fsp3) is 0.333. The summed E-state index contributed by atoms with van der Waals surface area (Å²) in [6.45, 7) is 1.92. The SMILES string of the molecule is CC(=O)OCc1cn(C[C@H]2CN(c3ccc(I)c(F)c3)C(=O)O2)nn1. The number of benzene rings is 1. The lowest BCUT2D eigenvalue weighted by molar-refractivity contribution is -0.142. The number of anilines is 1. The minimum atomic E-state index is -0.536. The topological polar surface area (TPSA) is 86.5 Å². The Morgan fingerprint density at radius 1 is 1.52 bits per heavy atom. The van der Waals surface area contributed by atoms with E-state index in [1.807, 2.05) is 22.6 Å². The predicted molar refractivity (Wildman–Crippen MR) is 92.2 cm³/mol. The first-order chi connectivity index (χ1) is 11.9. The molecule has 2 heterocycles. The molecule has 1 aromatic carbocycles. The molecule has 1 atom stereocenters. The second kappa shape index (κ2) is 7.33. The van der Waals surface area contributed by atoms with Gasteiger partial charge in [-0.25, -0.2) is 13.9 Å². The third-order valence-corrected chi connectivity index (χ3v) is 4.36. The summed E-state index contributed by atoms with van der Waals surface area (Å²) in [5.74, 6) is -0.791. The van der Waals surface area contributed by atoms with Gasteiger partial charge in [0.15, 0.2) is 0 Å². The van der Waals surface area contributed by atoms with Crippen LogP contribution in [0.5, 0.6) is 0 Å². The Labute approximate surface area is 156 Å². The van der Waals surface area contributed by atoms with E-state index in [2.05, 4.69) is 10.3 Å². The molecule has 8 nitrogen and oxygen atoms in total. The van der Waals surface area contributed by atoms with E-state index in [1.54, 1.807) is 18.3 Å². The van der Waals surface area contributed by atoms with Crippen molar-refractivity contribution < 1.29 is 23.5 Å². The summed E-state index contributed by atoms with van der Waals surface area (Å²) < 4.78 is 25.8. The summed E-state index contributed by atoms with van der Waals surface area (Å²) in [6, 6.07) is 4.57. The number of esters is 1.